The number of methoxy groups -OCH3 is 1. The molecule has 0 spiro atoms. The number of halogens is 1. The van der Waals surface area contributed by atoms with Crippen molar-refractivity contribution in [2.45, 2.75) is 45.2 Å². The van der Waals surface area contributed by atoms with Gasteiger partial charge in [-0.1, -0.05) is 23.7 Å². The van der Waals surface area contributed by atoms with Gasteiger partial charge in [0.1, 0.15) is 5.02 Å². The molecule has 1 saturated heterocycles. The molecule has 1 aromatic heterocycles. The van der Waals surface area contributed by atoms with Crippen molar-refractivity contribution in [3.05, 3.63) is 34.2 Å². The lowest BCUT2D eigenvalue weighted by Crippen LogP contribution is -2.49. The first-order valence-electron chi connectivity index (χ1n) is 10.5. The third-order valence-electron chi connectivity index (χ3n) is 5.17. The summed E-state index contributed by atoms with van der Waals surface area (Å²) in [4.78, 5) is 24.9. The molecule has 3 rings (SSSR count). The maximum atomic E-state index is 12.3. The number of carbonyl (C=O) groups is 2. The molecule has 0 saturated carbocycles. The zero-order valence-electron chi connectivity index (χ0n) is 18.7. The topological polar surface area (TPSA) is 85.9 Å². The molecule has 1 aromatic carbocycles. The summed E-state index contributed by atoms with van der Waals surface area (Å²) in [5.41, 5.74) is 1.91. The molecule has 0 amide bonds. The molecule has 174 valence electrons. The van der Waals surface area contributed by atoms with Crippen molar-refractivity contribution in [2.24, 2.45) is 0 Å². The van der Waals surface area contributed by atoms with E-state index in [1.54, 1.807) is 6.92 Å². The van der Waals surface area contributed by atoms with Gasteiger partial charge in [-0.05, 0) is 57.9 Å². The fourth-order valence-corrected chi connectivity index (χ4v) is 5.24. The second-order valence-electron chi connectivity index (χ2n) is 8.21. The Morgan fingerprint density at radius 2 is 2.12 bits per heavy atom. The van der Waals surface area contributed by atoms with E-state index in [2.05, 4.69) is 24.5 Å². The van der Waals surface area contributed by atoms with E-state index in [-0.39, 0.29) is 34.4 Å². The van der Waals surface area contributed by atoms with E-state index in [9.17, 15) is 9.59 Å². The van der Waals surface area contributed by atoms with Crippen LogP contribution in [-0.2, 0) is 14.3 Å². The fourth-order valence-electron chi connectivity index (χ4n) is 3.76. The van der Waals surface area contributed by atoms with Crippen LogP contribution in [0.2, 0.25) is 5.02 Å². The zero-order chi connectivity index (χ0) is 23.3. The quantitative estimate of drug-likeness (QED) is 0.528. The average Bonchev–Trinajstić information content (AvgIpc) is 3.07. The molecule has 2 aromatic rings. The lowest BCUT2D eigenvalue weighted by atomic mass is 9.89. The lowest BCUT2D eigenvalue weighted by molar-refractivity contribution is -0.145. The highest BCUT2D eigenvalue weighted by Gasteiger charge is 2.28. The van der Waals surface area contributed by atoms with Gasteiger partial charge in [0.25, 0.3) is 0 Å². The number of hydrogen-bond acceptors (Lipinski definition) is 8. The van der Waals surface area contributed by atoms with Gasteiger partial charge in [0.05, 0.1) is 18.6 Å². The molecule has 9 heteroatoms. The zero-order valence-corrected chi connectivity index (χ0v) is 20.3. The maximum absolute atomic E-state index is 12.3. The summed E-state index contributed by atoms with van der Waals surface area (Å²) in [7, 11) is 1.29. The number of rotatable bonds is 8. The molecular weight excluding hydrogens is 452 g/mol. The van der Waals surface area contributed by atoms with Gasteiger partial charge in [-0.2, -0.15) is 0 Å². The van der Waals surface area contributed by atoms with Crippen molar-refractivity contribution in [1.29, 1.82) is 0 Å². The Labute approximate surface area is 197 Å². The standard InChI is InChI=1S/C23H29ClN2O5S/c1-5-30-17(27)13-31-19-18(24)20(32-21(19)22(28)29-4)14-7-6-8-15(11-14)26-16-9-10-25-23(2,3)12-16/h6-8,11,16,25-26H,5,9-10,12-13H2,1-4H3. The largest absolute Gasteiger partial charge is 0.479 e. The highest BCUT2D eigenvalue weighted by atomic mass is 35.5. The molecule has 0 aliphatic carbocycles. The molecule has 1 aliphatic heterocycles. The molecular formula is C23H29ClN2O5S. The molecule has 0 radical (unpaired) electrons. The number of hydrogen-bond donors (Lipinski definition) is 2. The van der Waals surface area contributed by atoms with Gasteiger partial charge in [0.15, 0.2) is 17.2 Å². The smallest absolute Gasteiger partial charge is 0.351 e. The maximum Gasteiger partial charge on any atom is 0.351 e. The van der Waals surface area contributed by atoms with Crippen molar-refractivity contribution in [3.8, 4) is 16.2 Å². The number of esters is 2. The Kier molecular flexibility index (Phi) is 8.03. The SMILES string of the molecule is CCOC(=O)COc1c(C(=O)OC)sc(-c2cccc(NC3CCNC(C)(C)C3)c2)c1Cl. The minimum absolute atomic E-state index is 0.0885. The summed E-state index contributed by atoms with van der Waals surface area (Å²) in [6.45, 7) is 6.97. The van der Waals surface area contributed by atoms with Crippen LogP contribution in [0.15, 0.2) is 24.3 Å². The molecule has 1 atom stereocenters. The highest BCUT2D eigenvalue weighted by Crippen LogP contribution is 2.46. The predicted octanol–water partition coefficient (Wildman–Crippen LogP) is 4.74. The van der Waals surface area contributed by atoms with E-state index in [0.717, 1.165) is 30.6 Å². The number of benzene rings is 1. The summed E-state index contributed by atoms with van der Waals surface area (Å²) < 4.78 is 15.3. The van der Waals surface area contributed by atoms with E-state index in [1.165, 1.54) is 18.4 Å². The predicted molar refractivity (Wildman–Crippen MR) is 127 cm³/mol. The number of carbonyl (C=O) groups excluding carboxylic acids is 2. The second kappa shape index (κ2) is 10.6. The Balaban J connectivity index is 1.86. The van der Waals surface area contributed by atoms with Gasteiger partial charge in [0, 0.05) is 17.3 Å². The van der Waals surface area contributed by atoms with Gasteiger partial charge >= 0.3 is 11.9 Å². The van der Waals surface area contributed by atoms with Crippen LogP contribution in [0.5, 0.6) is 5.75 Å². The van der Waals surface area contributed by atoms with Crippen molar-refractivity contribution in [1.82, 2.24) is 5.32 Å². The third kappa shape index (κ3) is 5.94. The van der Waals surface area contributed by atoms with E-state index >= 15 is 0 Å². The fraction of sp³-hybridized carbons (Fsp3) is 0.478. The van der Waals surface area contributed by atoms with Crippen molar-refractivity contribution in [2.75, 3.05) is 32.2 Å². The van der Waals surface area contributed by atoms with E-state index < -0.39 is 11.9 Å². The van der Waals surface area contributed by atoms with Crippen molar-refractivity contribution in [3.63, 3.8) is 0 Å². The van der Waals surface area contributed by atoms with Crippen LogP contribution in [0, 0.1) is 0 Å². The Bertz CT molecular complexity index is 975. The van der Waals surface area contributed by atoms with Gasteiger partial charge in [-0.25, -0.2) is 9.59 Å². The molecule has 2 heterocycles. The van der Waals surface area contributed by atoms with Gasteiger partial charge in [-0.3, -0.25) is 0 Å². The summed E-state index contributed by atoms with van der Waals surface area (Å²) in [5.74, 6) is -0.985. The molecule has 1 unspecified atom stereocenters. The van der Waals surface area contributed by atoms with Crippen LogP contribution >= 0.6 is 22.9 Å². The van der Waals surface area contributed by atoms with Crippen LogP contribution in [0.4, 0.5) is 5.69 Å². The monoisotopic (exact) mass is 480 g/mol. The van der Waals surface area contributed by atoms with E-state index in [4.69, 9.17) is 25.8 Å². The van der Waals surface area contributed by atoms with E-state index in [0.29, 0.717) is 10.9 Å². The molecule has 2 N–H and O–H groups in total. The summed E-state index contributed by atoms with van der Waals surface area (Å²) in [5, 5.41) is 7.40. The van der Waals surface area contributed by atoms with Gasteiger partial charge in [0.2, 0.25) is 0 Å². The number of thiophene rings is 1. The number of piperidine rings is 1. The Hall–Kier alpha value is -2.29. The highest BCUT2D eigenvalue weighted by molar-refractivity contribution is 7.18. The average molecular weight is 481 g/mol. The van der Waals surface area contributed by atoms with Crippen LogP contribution in [0.25, 0.3) is 10.4 Å². The number of ether oxygens (including phenoxy) is 3. The minimum Gasteiger partial charge on any atom is -0.479 e. The first kappa shape index (κ1) is 24.4. The van der Waals surface area contributed by atoms with E-state index in [1.807, 2.05) is 24.3 Å². The number of anilines is 1. The Morgan fingerprint density at radius 3 is 2.81 bits per heavy atom. The number of nitrogens with one attached hydrogen (secondary N) is 2. The van der Waals surface area contributed by atoms with Crippen molar-refractivity contribution >= 4 is 40.6 Å². The van der Waals surface area contributed by atoms with Crippen LogP contribution in [0.1, 0.15) is 43.3 Å². The van der Waals surface area contributed by atoms with Gasteiger partial charge in [-0.15, -0.1) is 11.3 Å². The molecule has 1 fully saturated rings. The summed E-state index contributed by atoms with van der Waals surface area (Å²) in [6.07, 6.45) is 2.04. The minimum atomic E-state index is -0.576. The summed E-state index contributed by atoms with van der Waals surface area (Å²) in [6, 6.07) is 8.24. The first-order valence-corrected chi connectivity index (χ1v) is 11.7. The lowest BCUT2D eigenvalue weighted by Gasteiger charge is -2.37. The third-order valence-corrected chi connectivity index (χ3v) is 6.84. The normalized spacial score (nSPS) is 17.5. The van der Waals surface area contributed by atoms with Crippen molar-refractivity contribution < 1.29 is 23.8 Å². The Morgan fingerprint density at radius 1 is 1.34 bits per heavy atom. The first-order chi connectivity index (χ1) is 15.2. The molecule has 1 aliphatic rings. The summed E-state index contributed by atoms with van der Waals surface area (Å²) >= 11 is 7.77. The van der Waals surface area contributed by atoms with Crippen LogP contribution < -0.4 is 15.4 Å². The van der Waals surface area contributed by atoms with Gasteiger partial charge < -0.3 is 24.8 Å². The molecule has 7 nitrogen and oxygen atoms in total. The molecule has 0 bridgehead atoms. The second-order valence-corrected chi connectivity index (χ2v) is 9.61. The van der Waals surface area contributed by atoms with Crippen LogP contribution in [-0.4, -0.2) is 50.4 Å². The molecule has 32 heavy (non-hydrogen) atoms. The van der Waals surface area contributed by atoms with Crippen LogP contribution in [0.3, 0.4) is 0 Å².